The van der Waals surface area contributed by atoms with E-state index in [9.17, 15) is 23.1 Å². The molecule has 3 aromatic rings. The van der Waals surface area contributed by atoms with Gasteiger partial charge in [0.2, 0.25) is 0 Å². The van der Waals surface area contributed by atoms with Crippen LogP contribution in [0.25, 0.3) is 11.1 Å². The number of rotatable bonds is 4. The molecule has 0 bridgehead atoms. The number of carboxylic acids is 1. The van der Waals surface area contributed by atoms with E-state index < -0.39 is 17.7 Å². The van der Waals surface area contributed by atoms with Crippen molar-refractivity contribution in [3.63, 3.8) is 0 Å². The number of benzene rings is 3. The molecule has 0 spiro atoms. The fraction of sp³-hybridized carbons (Fsp3) is 0.0500. The molecule has 0 aromatic heterocycles. The second-order valence-corrected chi connectivity index (χ2v) is 6.12. The quantitative estimate of drug-likeness (QED) is 0.536. The zero-order valence-electron chi connectivity index (χ0n) is 13.7. The van der Waals surface area contributed by atoms with Crippen LogP contribution in [0, 0.1) is 0 Å². The molecular weight excluding hydrogens is 379 g/mol. The highest BCUT2D eigenvalue weighted by molar-refractivity contribution is 6.34. The van der Waals surface area contributed by atoms with Crippen LogP contribution in [0.1, 0.15) is 15.9 Å². The standard InChI is InChI=1S/C20H13ClF3NO2/c21-15-5-3-7-17(25-16-6-2-1-4-14(16)19(26)27)18(15)12-8-10-13(11-9-12)20(22,23)24/h1-11,25H,(H,26,27). The number of para-hydroxylation sites is 1. The van der Waals surface area contributed by atoms with E-state index >= 15 is 0 Å². The summed E-state index contributed by atoms with van der Waals surface area (Å²) in [5.74, 6) is -1.10. The minimum Gasteiger partial charge on any atom is -0.478 e. The molecule has 0 saturated heterocycles. The van der Waals surface area contributed by atoms with Crippen molar-refractivity contribution in [2.45, 2.75) is 6.18 Å². The summed E-state index contributed by atoms with van der Waals surface area (Å²) in [5, 5.41) is 12.7. The number of nitrogens with one attached hydrogen (secondary N) is 1. The lowest BCUT2D eigenvalue weighted by Gasteiger charge is -2.16. The molecule has 0 fully saturated rings. The molecule has 0 heterocycles. The molecule has 3 nitrogen and oxygen atoms in total. The number of carboxylic acid groups (broad SMARTS) is 1. The first-order chi connectivity index (χ1) is 12.8. The van der Waals surface area contributed by atoms with Crippen LogP contribution in [0.2, 0.25) is 5.02 Å². The van der Waals surface area contributed by atoms with Crippen LogP contribution in [-0.2, 0) is 6.18 Å². The first kappa shape index (κ1) is 18.8. The van der Waals surface area contributed by atoms with Gasteiger partial charge in [0, 0.05) is 11.3 Å². The summed E-state index contributed by atoms with van der Waals surface area (Å²) in [7, 11) is 0. The van der Waals surface area contributed by atoms with Gasteiger partial charge in [-0.1, -0.05) is 41.9 Å². The van der Waals surface area contributed by atoms with Gasteiger partial charge in [0.15, 0.2) is 0 Å². The summed E-state index contributed by atoms with van der Waals surface area (Å²) >= 11 is 6.28. The van der Waals surface area contributed by atoms with Crippen LogP contribution in [0.5, 0.6) is 0 Å². The van der Waals surface area contributed by atoms with Crippen molar-refractivity contribution in [3.05, 3.63) is 82.9 Å². The molecule has 2 N–H and O–H groups in total. The van der Waals surface area contributed by atoms with E-state index in [1.165, 1.54) is 18.2 Å². The van der Waals surface area contributed by atoms with Gasteiger partial charge in [-0.3, -0.25) is 0 Å². The Hall–Kier alpha value is -2.99. The Morgan fingerprint density at radius 2 is 1.52 bits per heavy atom. The van der Waals surface area contributed by atoms with Gasteiger partial charge in [0.25, 0.3) is 0 Å². The van der Waals surface area contributed by atoms with Crippen LogP contribution in [0.3, 0.4) is 0 Å². The Bertz CT molecular complexity index is 985. The maximum absolute atomic E-state index is 12.8. The van der Waals surface area contributed by atoms with Crippen molar-refractivity contribution in [2.75, 3.05) is 5.32 Å². The van der Waals surface area contributed by atoms with E-state index in [2.05, 4.69) is 5.32 Å². The minimum absolute atomic E-state index is 0.0656. The van der Waals surface area contributed by atoms with E-state index in [0.717, 1.165) is 12.1 Å². The van der Waals surface area contributed by atoms with Crippen molar-refractivity contribution in [3.8, 4) is 11.1 Å². The van der Waals surface area contributed by atoms with Gasteiger partial charge in [0.05, 0.1) is 21.8 Å². The van der Waals surface area contributed by atoms with E-state index in [1.54, 1.807) is 36.4 Å². The molecule has 0 radical (unpaired) electrons. The van der Waals surface area contributed by atoms with Gasteiger partial charge in [-0.2, -0.15) is 13.2 Å². The minimum atomic E-state index is -4.43. The topological polar surface area (TPSA) is 49.3 Å². The number of hydrogen-bond donors (Lipinski definition) is 2. The fourth-order valence-electron chi connectivity index (χ4n) is 2.67. The SMILES string of the molecule is O=C(O)c1ccccc1Nc1cccc(Cl)c1-c1ccc(C(F)(F)F)cc1. The first-order valence-electron chi connectivity index (χ1n) is 7.83. The average Bonchev–Trinajstić information content (AvgIpc) is 2.61. The monoisotopic (exact) mass is 391 g/mol. The zero-order valence-corrected chi connectivity index (χ0v) is 14.5. The van der Waals surface area contributed by atoms with Gasteiger partial charge in [0.1, 0.15) is 0 Å². The number of hydrogen-bond acceptors (Lipinski definition) is 2. The van der Waals surface area contributed by atoms with Crippen LogP contribution in [0.4, 0.5) is 24.5 Å². The van der Waals surface area contributed by atoms with Gasteiger partial charge >= 0.3 is 12.1 Å². The number of halogens is 4. The van der Waals surface area contributed by atoms with Crippen LogP contribution in [0.15, 0.2) is 66.7 Å². The van der Waals surface area contributed by atoms with E-state index in [1.807, 2.05) is 0 Å². The predicted octanol–water partition coefficient (Wildman–Crippen LogP) is 6.47. The van der Waals surface area contributed by atoms with Crippen LogP contribution in [-0.4, -0.2) is 11.1 Å². The normalized spacial score (nSPS) is 11.3. The summed E-state index contributed by atoms with van der Waals surface area (Å²) in [4.78, 5) is 11.4. The number of carbonyl (C=O) groups is 1. The Morgan fingerprint density at radius 1 is 0.889 bits per heavy atom. The second-order valence-electron chi connectivity index (χ2n) is 5.71. The van der Waals surface area contributed by atoms with E-state index in [0.29, 0.717) is 27.5 Å². The lowest BCUT2D eigenvalue weighted by molar-refractivity contribution is -0.137. The smallest absolute Gasteiger partial charge is 0.416 e. The predicted molar refractivity (Wildman–Crippen MR) is 98.6 cm³/mol. The van der Waals surface area contributed by atoms with E-state index in [4.69, 9.17) is 11.6 Å². The van der Waals surface area contributed by atoms with Crippen LogP contribution >= 0.6 is 11.6 Å². The van der Waals surface area contributed by atoms with Gasteiger partial charge in [-0.05, 0) is 42.0 Å². The number of alkyl halides is 3. The third-order valence-corrected chi connectivity index (χ3v) is 4.26. The lowest BCUT2D eigenvalue weighted by atomic mass is 10.0. The van der Waals surface area contributed by atoms with Crippen molar-refractivity contribution >= 4 is 28.9 Å². The van der Waals surface area contributed by atoms with Crippen molar-refractivity contribution in [1.82, 2.24) is 0 Å². The van der Waals surface area contributed by atoms with Crippen molar-refractivity contribution < 1.29 is 23.1 Å². The Morgan fingerprint density at radius 3 is 2.15 bits per heavy atom. The lowest BCUT2D eigenvalue weighted by Crippen LogP contribution is -2.04. The largest absolute Gasteiger partial charge is 0.478 e. The van der Waals surface area contributed by atoms with Gasteiger partial charge in [-0.25, -0.2) is 4.79 Å². The highest BCUT2D eigenvalue weighted by atomic mass is 35.5. The average molecular weight is 392 g/mol. The van der Waals surface area contributed by atoms with Gasteiger partial charge < -0.3 is 10.4 Å². The molecule has 0 amide bonds. The first-order valence-corrected chi connectivity index (χ1v) is 8.20. The van der Waals surface area contributed by atoms with Gasteiger partial charge in [-0.15, -0.1) is 0 Å². The molecule has 0 atom stereocenters. The zero-order chi connectivity index (χ0) is 19.6. The number of anilines is 2. The molecule has 0 aliphatic rings. The second kappa shape index (κ2) is 7.32. The Kier molecular flexibility index (Phi) is 5.10. The molecule has 138 valence electrons. The molecule has 0 aliphatic heterocycles. The summed E-state index contributed by atoms with van der Waals surface area (Å²) in [6, 6.07) is 15.9. The summed E-state index contributed by atoms with van der Waals surface area (Å²) in [5.41, 5.74) is 1.09. The summed E-state index contributed by atoms with van der Waals surface area (Å²) < 4.78 is 38.4. The molecule has 0 saturated carbocycles. The highest BCUT2D eigenvalue weighted by Gasteiger charge is 2.30. The Labute approximate surface area is 158 Å². The highest BCUT2D eigenvalue weighted by Crippen LogP contribution is 2.38. The molecule has 0 aliphatic carbocycles. The molecule has 27 heavy (non-hydrogen) atoms. The fourth-order valence-corrected chi connectivity index (χ4v) is 2.95. The molecular formula is C20H13ClF3NO2. The van der Waals surface area contributed by atoms with Crippen LogP contribution < -0.4 is 5.32 Å². The third-order valence-electron chi connectivity index (χ3n) is 3.94. The molecule has 3 rings (SSSR count). The summed E-state index contributed by atoms with van der Waals surface area (Å²) in [6.45, 7) is 0. The van der Waals surface area contributed by atoms with E-state index in [-0.39, 0.29) is 5.56 Å². The molecule has 7 heteroatoms. The maximum Gasteiger partial charge on any atom is 0.416 e. The maximum atomic E-state index is 12.8. The van der Waals surface area contributed by atoms with Crippen molar-refractivity contribution in [1.29, 1.82) is 0 Å². The third kappa shape index (κ3) is 4.06. The molecule has 0 unspecified atom stereocenters. The Balaban J connectivity index is 2.05. The molecule has 3 aromatic carbocycles. The number of aromatic carboxylic acids is 1. The summed E-state index contributed by atoms with van der Waals surface area (Å²) in [6.07, 6.45) is -4.43. The van der Waals surface area contributed by atoms with Crippen molar-refractivity contribution in [2.24, 2.45) is 0 Å².